The number of fused-ring (bicyclic) bond motifs is 1. The summed E-state index contributed by atoms with van der Waals surface area (Å²) in [5.41, 5.74) is -1.23. The van der Waals surface area contributed by atoms with Gasteiger partial charge in [0, 0.05) is 22.7 Å². The molecule has 3 rings (SSSR count). The Labute approximate surface area is 165 Å². The average Bonchev–Trinajstić information content (AvgIpc) is 2.71. The molecule has 0 amide bonds. The number of pyridine rings is 1. The maximum absolute atomic E-state index is 13.1. The molecule has 0 aliphatic carbocycles. The Kier molecular flexibility index (Phi) is 6.06. The summed E-state index contributed by atoms with van der Waals surface area (Å²) in [7, 11) is 0. The second kappa shape index (κ2) is 8.51. The van der Waals surface area contributed by atoms with E-state index in [2.05, 4.69) is 0 Å². The van der Waals surface area contributed by atoms with Crippen LogP contribution in [0.4, 0.5) is 13.2 Å². The Balaban J connectivity index is 2.11. The standard InChI is InChI=1S/C22H20F3NO3/c1-2-3-6-12-29-21(28)19-14-26(20(27)18-11-5-4-10-17(18)19)16-9-7-8-15(13-16)22(23,24)25/h4-5,7-11,13-14H,2-3,6,12H2,1H3. The molecule has 0 saturated carbocycles. The smallest absolute Gasteiger partial charge is 0.416 e. The molecule has 0 saturated heterocycles. The molecular formula is C22H20F3NO3. The Bertz CT molecular complexity index is 1090. The van der Waals surface area contributed by atoms with Crippen LogP contribution in [0.25, 0.3) is 16.5 Å². The van der Waals surface area contributed by atoms with Crippen molar-refractivity contribution in [1.82, 2.24) is 4.57 Å². The minimum atomic E-state index is -4.54. The molecule has 0 radical (unpaired) electrons. The zero-order valence-electron chi connectivity index (χ0n) is 15.8. The minimum Gasteiger partial charge on any atom is -0.462 e. The van der Waals surface area contributed by atoms with Crippen molar-refractivity contribution < 1.29 is 22.7 Å². The molecule has 3 aromatic rings. The van der Waals surface area contributed by atoms with Crippen LogP contribution in [0, 0.1) is 0 Å². The Hall–Kier alpha value is -3.09. The number of halogens is 3. The third-order valence-corrected chi connectivity index (χ3v) is 4.58. The van der Waals surface area contributed by atoms with Crippen molar-refractivity contribution in [3.05, 3.63) is 76.2 Å². The lowest BCUT2D eigenvalue weighted by Gasteiger charge is -2.14. The average molecular weight is 403 g/mol. The lowest BCUT2D eigenvalue weighted by atomic mass is 10.1. The maximum Gasteiger partial charge on any atom is 0.416 e. The van der Waals surface area contributed by atoms with E-state index >= 15 is 0 Å². The topological polar surface area (TPSA) is 48.3 Å². The lowest BCUT2D eigenvalue weighted by molar-refractivity contribution is -0.137. The Morgan fingerprint density at radius 3 is 2.45 bits per heavy atom. The SMILES string of the molecule is CCCCCOC(=O)c1cn(-c2cccc(C(F)(F)F)c2)c(=O)c2ccccc12. The van der Waals surface area contributed by atoms with E-state index in [4.69, 9.17) is 4.74 Å². The first kappa shape index (κ1) is 20.6. The quantitative estimate of drug-likeness (QED) is 0.411. The number of benzene rings is 2. The summed E-state index contributed by atoms with van der Waals surface area (Å²) in [5, 5.41) is 0.633. The molecule has 0 unspecified atom stereocenters. The number of ether oxygens (including phenoxy) is 1. The molecule has 0 aliphatic heterocycles. The summed E-state index contributed by atoms with van der Waals surface area (Å²) in [6.45, 7) is 2.27. The zero-order valence-corrected chi connectivity index (χ0v) is 15.8. The molecule has 29 heavy (non-hydrogen) atoms. The van der Waals surface area contributed by atoms with Crippen LogP contribution in [0.5, 0.6) is 0 Å². The van der Waals surface area contributed by atoms with Crippen LogP contribution in [-0.4, -0.2) is 17.1 Å². The van der Waals surface area contributed by atoms with Crippen molar-refractivity contribution in [2.24, 2.45) is 0 Å². The van der Waals surface area contributed by atoms with Crippen LogP contribution in [0.15, 0.2) is 59.5 Å². The second-order valence-electron chi connectivity index (χ2n) is 6.65. The highest BCUT2D eigenvalue weighted by molar-refractivity contribution is 6.04. The van der Waals surface area contributed by atoms with E-state index in [0.29, 0.717) is 11.8 Å². The fourth-order valence-electron chi connectivity index (χ4n) is 3.07. The zero-order chi connectivity index (χ0) is 21.0. The molecule has 4 nitrogen and oxygen atoms in total. The number of nitrogens with zero attached hydrogens (tertiary/aromatic N) is 1. The van der Waals surface area contributed by atoms with E-state index in [1.807, 2.05) is 6.92 Å². The van der Waals surface area contributed by atoms with E-state index in [9.17, 15) is 22.8 Å². The molecule has 0 bridgehead atoms. The van der Waals surface area contributed by atoms with E-state index < -0.39 is 23.3 Å². The summed E-state index contributed by atoms with van der Waals surface area (Å²) in [6.07, 6.45) is -0.689. The molecular weight excluding hydrogens is 383 g/mol. The molecule has 1 heterocycles. The van der Waals surface area contributed by atoms with E-state index in [-0.39, 0.29) is 23.2 Å². The van der Waals surface area contributed by atoms with Gasteiger partial charge in [-0.3, -0.25) is 9.36 Å². The van der Waals surface area contributed by atoms with Crippen molar-refractivity contribution in [2.75, 3.05) is 6.61 Å². The number of hydrogen-bond acceptors (Lipinski definition) is 3. The second-order valence-corrected chi connectivity index (χ2v) is 6.65. The van der Waals surface area contributed by atoms with E-state index in [1.165, 1.54) is 24.4 Å². The number of esters is 1. The van der Waals surface area contributed by atoms with Gasteiger partial charge in [-0.25, -0.2) is 4.79 Å². The van der Waals surface area contributed by atoms with Gasteiger partial charge >= 0.3 is 12.1 Å². The van der Waals surface area contributed by atoms with Gasteiger partial charge in [0.15, 0.2) is 0 Å². The van der Waals surface area contributed by atoms with Gasteiger partial charge in [0.25, 0.3) is 5.56 Å². The third-order valence-electron chi connectivity index (χ3n) is 4.58. The van der Waals surface area contributed by atoms with E-state index in [1.54, 1.807) is 18.2 Å². The molecule has 0 N–H and O–H groups in total. The molecule has 0 atom stereocenters. The van der Waals surface area contributed by atoms with Gasteiger partial charge in [-0.15, -0.1) is 0 Å². The normalized spacial score (nSPS) is 11.6. The molecule has 0 spiro atoms. The molecule has 0 aliphatic rings. The van der Waals surface area contributed by atoms with Crippen LogP contribution in [-0.2, 0) is 10.9 Å². The van der Waals surface area contributed by atoms with Gasteiger partial charge in [0.1, 0.15) is 0 Å². The molecule has 1 aromatic heterocycles. The van der Waals surface area contributed by atoms with Crippen molar-refractivity contribution in [3.8, 4) is 5.69 Å². The van der Waals surface area contributed by atoms with Crippen molar-refractivity contribution in [3.63, 3.8) is 0 Å². The van der Waals surface area contributed by atoms with Crippen molar-refractivity contribution in [1.29, 1.82) is 0 Å². The first-order valence-electron chi connectivity index (χ1n) is 9.32. The highest BCUT2D eigenvalue weighted by atomic mass is 19.4. The van der Waals surface area contributed by atoms with Gasteiger partial charge in [-0.05, 0) is 30.7 Å². The molecule has 152 valence electrons. The monoisotopic (exact) mass is 403 g/mol. The predicted molar refractivity (Wildman–Crippen MR) is 104 cm³/mol. The largest absolute Gasteiger partial charge is 0.462 e. The van der Waals surface area contributed by atoms with E-state index in [0.717, 1.165) is 29.5 Å². The molecule has 7 heteroatoms. The number of hydrogen-bond donors (Lipinski definition) is 0. The van der Waals surface area contributed by atoms with Crippen LogP contribution < -0.4 is 5.56 Å². The van der Waals surface area contributed by atoms with Crippen LogP contribution in [0.1, 0.15) is 42.1 Å². The number of carbonyl (C=O) groups excluding carboxylic acids is 1. The van der Waals surface area contributed by atoms with Crippen LogP contribution in [0.3, 0.4) is 0 Å². The van der Waals surface area contributed by atoms with Gasteiger partial charge in [0.05, 0.1) is 17.7 Å². The number of carbonyl (C=O) groups is 1. The predicted octanol–water partition coefficient (Wildman–Crippen LogP) is 5.36. The number of unbranched alkanes of at least 4 members (excludes halogenated alkanes) is 2. The fraction of sp³-hybridized carbons (Fsp3) is 0.273. The van der Waals surface area contributed by atoms with Crippen LogP contribution >= 0.6 is 0 Å². The van der Waals surface area contributed by atoms with Crippen molar-refractivity contribution in [2.45, 2.75) is 32.4 Å². The summed E-state index contributed by atoms with van der Waals surface area (Å²) in [5.74, 6) is -0.613. The highest BCUT2D eigenvalue weighted by Gasteiger charge is 2.30. The van der Waals surface area contributed by atoms with Gasteiger partial charge in [0.2, 0.25) is 0 Å². The summed E-state index contributed by atoms with van der Waals surface area (Å²) in [4.78, 5) is 25.5. The lowest BCUT2D eigenvalue weighted by Crippen LogP contribution is -2.21. The third kappa shape index (κ3) is 4.50. The Morgan fingerprint density at radius 2 is 1.76 bits per heavy atom. The summed E-state index contributed by atoms with van der Waals surface area (Å²) in [6, 6.07) is 10.9. The van der Waals surface area contributed by atoms with Crippen molar-refractivity contribution >= 4 is 16.7 Å². The number of rotatable bonds is 6. The minimum absolute atomic E-state index is 0.0237. The first-order valence-corrected chi connectivity index (χ1v) is 9.32. The number of alkyl halides is 3. The summed E-state index contributed by atoms with van der Waals surface area (Å²) < 4.78 is 45.6. The Morgan fingerprint density at radius 1 is 1.03 bits per heavy atom. The fourth-order valence-corrected chi connectivity index (χ4v) is 3.07. The van der Waals surface area contributed by atoms with Gasteiger partial charge in [-0.2, -0.15) is 13.2 Å². The summed E-state index contributed by atoms with van der Waals surface area (Å²) >= 11 is 0. The van der Waals surface area contributed by atoms with Gasteiger partial charge < -0.3 is 4.74 Å². The molecule has 2 aromatic carbocycles. The maximum atomic E-state index is 13.1. The first-order chi connectivity index (χ1) is 13.8. The number of aromatic nitrogens is 1. The highest BCUT2D eigenvalue weighted by Crippen LogP contribution is 2.30. The van der Waals surface area contributed by atoms with Crippen LogP contribution in [0.2, 0.25) is 0 Å². The van der Waals surface area contributed by atoms with Gasteiger partial charge in [-0.1, -0.05) is 44.0 Å². The molecule has 0 fully saturated rings.